The molecule has 0 aliphatic rings. The molecule has 0 unspecified atom stereocenters. The fourth-order valence-corrected chi connectivity index (χ4v) is 1.32. The van der Waals surface area contributed by atoms with Gasteiger partial charge in [0.1, 0.15) is 0 Å². The first-order valence-electron chi connectivity index (χ1n) is 5.22. The van der Waals surface area contributed by atoms with Crippen LogP contribution < -0.4 is 5.32 Å². The maximum atomic E-state index is 5.47. The molecule has 3 heteroatoms. The highest BCUT2D eigenvalue weighted by Gasteiger charge is 2.00. The van der Waals surface area contributed by atoms with Crippen LogP contribution in [-0.2, 0) is 4.74 Å². The van der Waals surface area contributed by atoms with E-state index < -0.39 is 0 Å². The molecule has 0 amide bonds. The molecule has 0 atom stereocenters. The number of hydrogen-bond acceptors (Lipinski definition) is 2. The molecule has 0 aromatic heterocycles. The summed E-state index contributed by atoms with van der Waals surface area (Å²) >= 11 is 5.47. The van der Waals surface area contributed by atoms with E-state index in [1.54, 1.807) is 0 Å². The Hall–Kier alpha value is 0.210. The molecule has 0 aliphatic carbocycles. The molecule has 0 heterocycles. The normalized spacial score (nSPS) is 11.1. The van der Waals surface area contributed by atoms with E-state index >= 15 is 0 Å². The molecule has 0 fully saturated rings. The second kappa shape index (κ2) is 10.3. The average molecular weight is 208 g/mol. The van der Waals surface area contributed by atoms with Crippen molar-refractivity contribution in [2.24, 2.45) is 0 Å². The van der Waals surface area contributed by atoms with Crippen LogP contribution in [0, 0.1) is 0 Å². The highest BCUT2D eigenvalue weighted by molar-refractivity contribution is 6.17. The highest BCUT2D eigenvalue weighted by atomic mass is 35.5. The summed E-state index contributed by atoms with van der Waals surface area (Å²) in [6, 6.07) is 0.674. The topological polar surface area (TPSA) is 21.3 Å². The lowest BCUT2D eigenvalue weighted by atomic mass is 10.2. The van der Waals surface area contributed by atoms with Gasteiger partial charge in [0.2, 0.25) is 0 Å². The highest BCUT2D eigenvalue weighted by Crippen LogP contribution is 1.95. The largest absolute Gasteiger partial charge is 0.380 e. The fourth-order valence-electron chi connectivity index (χ4n) is 1.21. The minimum Gasteiger partial charge on any atom is -0.380 e. The van der Waals surface area contributed by atoms with Crippen molar-refractivity contribution in [1.82, 2.24) is 5.32 Å². The second-order valence-corrected chi connectivity index (χ2v) is 3.50. The Kier molecular flexibility index (Phi) is 10.5. The lowest BCUT2D eigenvalue weighted by molar-refractivity contribution is 0.145. The molecule has 0 rings (SSSR count). The Morgan fingerprint density at radius 3 is 2.46 bits per heavy atom. The van der Waals surface area contributed by atoms with Crippen LogP contribution in [0.25, 0.3) is 0 Å². The summed E-state index contributed by atoms with van der Waals surface area (Å²) < 4.78 is 5.26. The summed E-state index contributed by atoms with van der Waals surface area (Å²) in [6.45, 7) is 6.97. The molecule has 0 radical (unpaired) electrons. The van der Waals surface area contributed by atoms with E-state index in [0.29, 0.717) is 18.5 Å². The molecule has 0 aromatic rings. The van der Waals surface area contributed by atoms with Gasteiger partial charge in [-0.05, 0) is 25.8 Å². The summed E-state index contributed by atoms with van der Waals surface area (Å²) in [7, 11) is 0. The molecule has 2 nitrogen and oxygen atoms in total. The van der Waals surface area contributed by atoms with E-state index in [1.807, 2.05) is 0 Å². The van der Waals surface area contributed by atoms with Gasteiger partial charge < -0.3 is 10.1 Å². The number of alkyl halides is 1. The van der Waals surface area contributed by atoms with Crippen LogP contribution in [0.5, 0.6) is 0 Å². The summed E-state index contributed by atoms with van der Waals surface area (Å²) in [5.74, 6) is 0.597. The predicted octanol–water partition coefficient (Wildman–Crippen LogP) is 2.41. The Labute approximate surface area is 87.0 Å². The van der Waals surface area contributed by atoms with Crippen molar-refractivity contribution in [3.8, 4) is 0 Å². The fraction of sp³-hybridized carbons (Fsp3) is 1.00. The summed E-state index contributed by atoms with van der Waals surface area (Å²) in [4.78, 5) is 0. The standard InChI is InChI=1S/C10H22ClNO/c1-3-10(4-2)12-7-5-8-13-9-6-11/h10,12H,3-9H2,1-2H3. The minimum absolute atomic E-state index is 0.597. The monoisotopic (exact) mass is 207 g/mol. The van der Waals surface area contributed by atoms with Gasteiger partial charge in [-0.15, -0.1) is 11.6 Å². The smallest absolute Gasteiger partial charge is 0.0601 e. The van der Waals surface area contributed by atoms with Crippen molar-refractivity contribution in [3.63, 3.8) is 0 Å². The van der Waals surface area contributed by atoms with Gasteiger partial charge in [0.25, 0.3) is 0 Å². The quantitative estimate of drug-likeness (QED) is 0.463. The molecular weight excluding hydrogens is 186 g/mol. The lowest BCUT2D eigenvalue weighted by Gasteiger charge is -2.14. The minimum atomic E-state index is 0.597. The zero-order chi connectivity index (χ0) is 9.94. The van der Waals surface area contributed by atoms with Gasteiger partial charge in [-0.1, -0.05) is 13.8 Å². The summed E-state index contributed by atoms with van der Waals surface area (Å²) in [5, 5.41) is 3.48. The Bertz CT molecular complexity index is 96.9. The number of hydrogen-bond donors (Lipinski definition) is 1. The Morgan fingerprint density at radius 1 is 1.23 bits per heavy atom. The maximum absolute atomic E-state index is 5.47. The van der Waals surface area contributed by atoms with E-state index in [-0.39, 0.29) is 0 Å². The molecule has 0 saturated heterocycles. The molecule has 0 bridgehead atoms. The van der Waals surface area contributed by atoms with Crippen molar-refractivity contribution in [2.45, 2.75) is 39.2 Å². The molecule has 80 valence electrons. The SMILES string of the molecule is CCC(CC)NCCCOCCCl. The van der Waals surface area contributed by atoms with Gasteiger partial charge in [0, 0.05) is 18.5 Å². The zero-order valence-electron chi connectivity index (χ0n) is 8.81. The maximum Gasteiger partial charge on any atom is 0.0601 e. The first kappa shape index (κ1) is 13.2. The molecule has 0 aromatic carbocycles. The van der Waals surface area contributed by atoms with Gasteiger partial charge >= 0.3 is 0 Å². The Morgan fingerprint density at radius 2 is 1.92 bits per heavy atom. The predicted molar refractivity (Wildman–Crippen MR) is 58.5 cm³/mol. The lowest BCUT2D eigenvalue weighted by Crippen LogP contribution is -2.29. The third-order valence-electron chi connectivity index (χ3n) is 2.11. The molecule has 1 N–H and O–H groups in total. The number of ether oxygens (including phenoxy) is 1. The molecule has 0 spiro atoms. The van der Waals surface area contributed by atoms with Gasteiger partial charge in [0.05, 0.1) is 6.61 Å². The first-order chi connectivity index (χ1) is 6.35. The number of rotatable bonds is 9. The molecular formula is C10H22ClNO. The third kappa shape index (κ3) is 8.54. The average Bonchev–Trinajstić information content (AvgIpc) is 2.17. The second-order valence-electron chi connectivity index (χ2n) is 3.12. The number of nitrogens with one attached hydrogen (secondary N) is 1. The van der Waals surface area contributed by atoms with Crippen molar-refractivity contribution in [1.29, 1.82) is 0 Å². The van der Waals surface area contributed by atoms with Gasteiger partial charge in [-0.3, -0.25) is 0 Å². The van der Waals surface area contributed by atoms with Crippen LogP contribution in [0.1, 0.15) is 33.1 Å². The molecule has 13 heavy (non-hydrogen) atoms. The van der Waals surface area contributed by atoms with Crippen molar-refractivity contribution < 1.29 is 4.74 Å². The van der Waals surface area contributed by atoms with E-state index in [4.69, 9.17) is 16.3 Å². The number of halogens is 1. The van der Waals surface area contributed by atoms with Gasteiger partial charge in [0.15, 0.2) is 0 Å². The van der Waals surface area contributed by atoms with Crippen molar-refractivity contribution in [2.75, 3.05) is 25.6 Å². The molecule has 0 saturated carbocycles. The van der Waals surface area contributed by atoms with Crippen LogP contribution in [0.3, 0.4) is 0 Å². The van der Waals surface area contributed by atoms with E-state index in [2.05, 4.69) is 19.2 Å². The van der Waals surface area contributed by atoms with E-state index in [9.17, 15) is 0 Å². The van der Waals surface area contributed by atoms with E-state index in [0.717, 1.165) is 19.6 Å². The van der Waals surface area contributed by atoms with Crippen LogP contribution in [-0.4, -0.2) is 31.7 Å². The third-order valence-corrected chi connectivity index (χ3v) is 2.26. The summed E-state index contributed by atoms with van der Waals surface area (Å²) in [6.07, 6.45) is 3.49. The molecule has 0 aliphatic heterocycles. The van der Waals surface area contributed by atoms with Crippen LogP contribution in [0.4, 0.5) is 0 Å². The van der Waals surface area contributed by atoms with Crippen LogP contribution in [0.15, 0.2) is 0 Å². The zero-order valence-corrected chi connectivity index (χ0v) is 9.57. The van der Waals surface area contributed by atoms with E-state index in [1.165, 1.54) is 12.8 Å². The van der Waals surface area contributed by atoms with Gasteiger partial charge in [-0.2, -0.15) is 0 Å². The van der Waals surface area contributed by atoms with Gasteiger partial charge in [-0.25, -0.2) is 0 Å². The van der Waals surface area contributed by atoms with Crippen LogP contribution in [0.2, 0.25) is 0 Å². The summed E-state index contributed by atoms with van der Waals surface area (Å²) in [5.41, 5.74) is 0. The Balaban J connectivity index is 3.05. The van der Waals surface area contributed by atoms with Crippen molar-refractivity contribution in [3.05, 3.63) is 0 Å². The first-order valence-corrected chi connectivity index (χ1v) is 5.75. The van der Waals surface area contributed by atoms with Crippen molar-refractivity contribution >= 4 is 11.6 Å². The van der Waals surface area contributed by atoms with Crippen LogP contribution >= 0.6 is 11.6 Å².